The Hall–Kier alpha value is -2.03. The molecule has 0 spiro atoms. The van der Waals surface area contributed by atoms with Gasteiger partial charge in [-0.2, -0.15) is 0 Å². The maximum atomic E-state index is 12.4. The quantitative estimate of drug-likeness (QED) is 0.0378. The van der Waals surface area contributed by atoms with Crippen molar-refractivity contribution >= 4 is 17.7 Å². The van der Waals surface area contributed by atoms with Crippen molar-refractivity contribution in [3.63, 3.8) is 0 Å². The van der Waals surface area contributed by atoms with Gasteiger partial charge in [0.1, 0.15) is 25.1 Å². The van der Waals surface area contributed by atoms with Gasteiger partial charge in [0.05, 0.1) is 12.2 Å². The van der Waals surface area contributed by atoms with E-state index in [0.717, 1.165) is 38.5 Å². The fraction of sp³-hybridized carbons (Fsp3) is 0.825. The lowest BCUT2D eigenvalue weighted by molar-refractivity contribution is -0.152. The smallest absolute Gasteiger partial charge is 0.305 e. The van der Waals surface area contributed by atoms with Crippen LogP contribution in [0.3, 0.4) is 0 Å². The van der Waals surface area contributed by atoms with Crippen molar-refractivity contribution in [2.45, 2.75) is 186 Å². The lowest BCUT2D eigenvalue weighted by Crippen LogP contribution is -2.25. The molecular formula is C40H70O8. The molecule has 0 aromatic heterocycles. The van der Waals surface area contributed by atoms with E-state index in [1.807, 2.05) is 12.2 Å². The fourth-order valence-electron chi connectivity index (χ4n) is 6.24. The summed E-state index contributed by atoms with van der Waals surface area (Å²) in [6.07, 6.45) is 28.8. The van der Waals surface area contributed by atoms with Crippen molar-refractivity contribution < 1.29 is 39.2 Å². The highest BCUT2D eigenvalue weighted by atomic mass is 16.6. The van der Waals surface area contributed by atoms with Crippen molar-refractivity contribution in [3.8, 4) is 0 Å². The first-order valence-electron chi connectivity index (χ1n) is 19.5. The minimum Gasteiger partial charge on any atom is -0.463 e. The number of Topliss-reactive ketones (excluding diaryl/α,β-unsaturated/α-hetero) is 1. The lowest BCUT2D eigenvalue weighted by Gasteiger charge is -2.17. The molecule has 278 valence electrons. The topological polar surface area (TPSA) is 130 Å². The highest BCUT2D eigenvalue weighted by molar-refractivity contribution is 5.86. The van der Waals surface area contributed by atoms with Crippen LogP contribution in [-0.4, -0.2) is 64.6 Å². The van der Waals surface area contributed by atoms with Gasteiger partial charge in [0.25, 0.3) is 0 Å². The van der Waals surface area contributed by atoms with Crippen LogP contribution in [0.25, 0.3) is 0 Å². The Labute approximate surface area is 292 Å². The summed E-state index contributed by atoms with van der Waals surface area (Å²) >= 11 is 0. The number of ether oxygens (including phenoxy) is 2. The van der Waals surface area contributed by atoms with Gasteiger partial charge in [0.15, 0.2) is 0 Å². The number of esters is 2. The molecule has 1 aliphatic carbocycles. The molecule has 0 bridgehead atoms. The summed E-state index contributed by atoms with van der Waals surface area (Å²) in [5.74, 6) is -1.36. The number of aliphatic hydroxyl groups excluding tert-OH is 3. The van der Waals surface area contributed by atoms with Crippen LogP contribution in [-0.2, 0) is 23.9 Å². The van der Waals surface area contributed by atoms with Crippen LogP contribution in [0, 0.1) is 11.8 Å². The zero-order valence-corrected chi connectivity index (χ0v) is 30.5. The van der Waals surface area contributed by atoms with Crippen molar-refractivity contribution in [1.29, 1.82) is 0 Å². The molecule has 1 fully saturated rings. The molecule has 0 aromatic rings. The highest BCUT2D eigenvalue weighted by Gasteiger charge is 2.39. The predicted molar refractivity (Wildman–Crippen MR) is 192 cm³/mol. The third-order valence-corrected chi connectivity index (χ3v) is 9.32. The maximum Gasteiger partial charge on any atom is 0.305 e. The highest BCUT2D eigenvalue weighted by Crippen LogP contribution is 2.33. The van der Waals surface area contributed by atoms with Crippen LogP contribution in [0.1, 0.15) is 168 Å². The molecule has 0 saturated heterocycles. The number of unbranched alkanes of at least 4 members (excludes halogenated alkanes) is 16. The van der Waals surface area contributed by atoms with E-state index in [9.17, 15) is 29.7 Å². The molecule has 5 atom stereocenters. The predicted octanol–water partition coefficient (Wildman–Crippen LogP) is 8.49. The number of hydrogen-bond donors (Lipinski definition) is 3. The molecule has 1 aliphatic rings. The Morgan fingerprint density at radius 1 is 0.729 bits per heavy atom. The van der Waals surface area contributed by atoms with E-state index < -0.39 is 30.2 Å². The fourth-order valence-corrected chi connectivity index (χ4v) is 6.24. The largest absolute Gasteiger partial charge is 0.463 e. The second kappa shape index (κ2) is 29.8. The molecule has 8 nitrogen and oxygen atoms in total. The summed E-state index contributed by atoms with van der Waals surface area (Å²) < 4.78 is 10.3. The van der Waals surface area contributed by atoms with Crippen LogP contribution in [0.4, 0.5) is 0 Å². The Kier molecular flexibility index (Phi) is 27.4. The average Bonchev–Trinajstić information content (AvgIpc) is 3.34. The molecule has 0 heterocycles. The first-order valence-corrected chi connectivity index (χ1v) is 19.5. The molecule has 1 rings (SSSR count). The molecule has 48 heavy (non-hydrogen) atoms. The SMILES string of the molecule is CCCCCCCCCCCCCCCCC(=O)OC[C@@H](O)COC(=O)CCC/C=C\C[C@H]1[C@@H](O)CC(=O)[C@@H]1/C=C/[C@@H](O)CCCCC. The zero-order chi connectivity index (χ0) is 35.2. The van der Waals surface area contributed by atoms with E-state index in [1.165, 1.54) is 70.6 Å². The molecular weight excluding hydrogens is 608 g/mol. The van der Waals surface area contributed by atoms with Crippen LogP contribution < -0.4 is 0 Å². The second-order valence-electron chi connectivity index (χ2n) is 13.8. The number of hydrogen-bond acceptors (Lipinski definition) is 8. The molecule has 0 aliphatic heterocycles. The van der Waals surface area contributed by atoms with Crippen molar-refractivity contribution in [2.24, 2.45) is 11.8 Å². The standard InChI is InChI=1S/C40H70O8/c1-3-5-7-8-9-10-11-12-13-14-15-16-17-22-26-39(45)47-31-34(42)32-48-40(46)27-23-19-18-21-25-35-36(38(44)30-37(35)43)29-28-33(41)24-20-6-4-2/h18,21,28-29,33-37,41-43H,3-17,19-20,22-27,30-32H2,1-2H3/b21-18-,29-28+/t33-,34+,35+,36+,37-/m0/s1. The van der Waals surface area contributed by atoms with Gasteiger partial charge in [0, 0.05) is 31.1 Å². The monoisotopic (exact) mass is 679 g/mol. The van der Waals surface area contributed by atoms with Gasteiger partial charge in [-0.05, 0) is 32.1 Å². The number of carbonyl (C=O) groups is 3. The Morgan fingerprint density at radius 3 is 1.79 bits per heavy atom. The molecule has 8 heteroatoms. The molecule has 0 unspecified atom stereocenters. The van der Waals surface area contributed by atoms with E-state index >= 15 is 0 Å². The summed E-state index contributed by atoms with van der Waals surface area (Å²) in [6.45, 7) is 3.97. The van der Waals surface area contributed by atoms with Crippen LogP contribution >= 0.6 is 0 Å². The first kappa shape index (κ1) is 44.0. The Bertz CT molecular complexity index is 884. The molecule has 1 saturated carbocycles. The van der Waals surface area contributed by atoms with Crippen LogP contribution in [0.5, 0.6) is 0 Å². The summed E-state index contributed by atoms with van der Waals surface area (Å²) in [7, 11) is 0. The van der Waals surface area contributed by atoms with Gasteiger partial charge in [-0.3, -0.25) is 14.4 Å². The van der Waals surface area contributed by atoms with Crippen LogP contribution in [0.2, 0.25) is 0 Å². The minimum atomic E-state index is -1.05. The molecule has 3 N–H and O–H groups in total. The Morgan fingerprint density at radius 2 is 1.23 bits per heavy atom. The number of allylic oxidation sites excluding steroid dienone is 3. The third kappa shape index (κ3) is 23.3. The molecule has 0 radical (unpaired) electrons. The first-order chi connectivity index (χ1) is 23.3. The molecule has 0 amide bonds. The number of carbonyl (C=O) groups excluding carboxylic acids is 3. The minimum absolute atomic E-state index is 0.00244. The zero-order valence-electron chi connectivity index (χ0n) is 30.5. The van der Waals surface area contributed by atoms with Crippen molar-refractivity contribution in [2.75, 3.05) is 13.2 Å². The van der Waals surface area contributed by atoms with Crippen molar-refractivity contribution in [3.05, 3.63) is 24.3 Å². The normalized spacial score (nSPS) is 19.4. The lowest BCUT2D eigenvalue weighted by atomic mass is 9.90. The Balaban J connectivity index is 2.05. The van der Waals surface area contributed by atoms with E-state index in [4.69, 9.17) is 9.47 Å². The van der Waals surface area contributed by atoms with Gasteiger partial charge in [-0.25, -0.2) is 0 Å². The average molecular weight is 679 g/mol. The van der Waals surface area contributed by atoms with Crippen molar-refractivity contribution in [1.82, 2.24) is 0 Å². The summed E-state index contributed by atoms with van der Waals surface area (Å²) in [5.41, 5.74) is 0. The van der Waals surface area contributed by atoms with Crippen LogP contribution in [0.15, 0.2) is 24.3 Å². The van der Waals surface area contributed by atoms with Gasteiger partial charge < -0.3 is 24.8 Å². The van der Waals surface area contributed by atoms with E-state index in [0.29, 0.717) is 32.1 Å². The van der Waals surface area contributed by atoms with E-state index in [1.54, 1.807) is 12.2 Å². The third-order valence-electron chi connectivity index (χ3n) is 9.32. The summed E-state index contributed by atoms with van der Waals surface area (Å²) in [5, 5.41) is 30.6. The van der Waals surface area contributed by atoms with Gasteiger partial charge in [-0.15, -0.1) is 0 Å². The van der Waals surface area contributed by atoms with Gasteiger partial charge in [0.2, 0.25) is 0 Å². The number of aliphatic hydroxyl groups is 3. The van der Waals surface area contributed by atoms with Gasteiger partial charge >= 0.3 is 11.9 Å². The maximum absolute atomic E-state index is 12.4. The van der Waals surface area contributed by atoms with E-state index in [-0.39, 0.29) is 43.7 Å². The van der Waals surface area contributed by atoms with E-state index in [2.05, 4.69) is 13.8 Å². The summed E-state index contributed by atoms with van der Waals surface area (Å²) in [6, 6.07) is 0. The summed E-state index contributed by atoms with van der Waals surface area (Å²) in [4.78, 5) is 36.4. The van der Waals surface area contributed by atoms with Gasteiger partial charge in [-0.1, -0.05) is 141 Å². The number of ketones is 1. The molecule has 0 aromatic carbocycles. The second-order valence-corrected chi connectivity index (χ2v) is 13.8. The number of rotatable bonds is 31.